The number of piperidine rings is 1. The Morgan fingerprint density at radius 3 is 3.09 bits per heavy atom. The largest absolute Gasteiger partial charge is 0.508 e. The molecular weight excluding hydrogens is 272 g/mol. The van der Waals surface area contributed by atoms with Crippen LogP contribution in [0, 0.1) is 5.41 Å². The Morgan fingerprint density at radius 1 is 1.45 bits per heavy atom. The summed E-state index contributed by atoms with van der Waals surface area (Å²) in [5.41, 5.74) is 3.81. The van der Waals surface area contributed by atoms with Crippen molar-refractivity contribution in [2.75, 3.05) is 18.0 Å². The van der Waals surface area contributed by atoms with Gasteiger partial charge in [-0.05, 0) is 48.8 Å². The highest BCUT2D eigenvalue weighted by Crippen LogP contribution is 2.46. The number of hydrogen-bond acceptors (Lipinski definition) is 3. The predicted molar refractivity (Wildman–Crippen MR) is 91.4 cm³/mol. The molecule has 3 heterocycles. The molecule has 2 bridgehead atoms. The minimum Gasteiger partial charge on any atom is -0.508 e. The van der Waals surface area contributed by atoms with Crippen LogP contribution in [0.15, 0.2) is 24.8 Å². The van der Waals surface area contributed by atoms with Gasteiger partial charge in [0, 0.05) is 30.1 Å². The van der Waals surface area contributed by atoms with E-state index >= 15 is 0 Å². The summed E-state index contributed by atoms with van der Waals surface area (Å²) in [6.45, 7) is 8.56. The number of nitrogens with zero attached hydrogens (tertiary/aromatic N) is 2. The van der Waals surface area contributed by atoms with E-state index in [4.69, 9.17) is 4.98 Å². The number of benzene rings is 1. The highest BCUT2D eigenvalue weighted by atomic mass is 16.3. The first-order valence-electron chi connectivity index (χ1n) is 8.19. The number of hydrogen-bond donors (Lipinski definition) is 1. The second-order valence-corrected chi connectivity index (χ2v) is 6.79. The number of fused-ring (bicyclic) bond motifs is 5. The van der Waals surface area contributed by atoms with Crippen molar-refractivity contribution in [3.63, 3.8) is 0 Å². The van der Waals surface area contributed by atoms with E-state index in [9.17, 15) is 5.11 Å². The third-order valence-corrected chi connectivity index (χ3v) is 5.56. The van der Waals surface area contributed by atoms with Crippen LogP contribution >= 0.6 is 0 Å². The zero-order valence-electron chi connectivity index (χ0n) is 13.1. The molecule has 0 saturated carbocycles. The predicted octanol–water partition coefficient (Wildman–Crippen LogP) is 4.14. The van der Waals surface area contributed by atoms with Gasteiger partial charge in [0.25, 0.3) is 0 Å². The third kappa shape index (κ3) is 1.84. The van der Waals surface area contributed by atoms with E-state index in [0.717, 1.165) is 36.2 Å². The minimum absolute atomic E-state index is 0.271. The van der Waals surface area contributed by atoms with Gasteiger partial charge < -0.3 is 10.0 Å². The van der Waals surface area contributed by atoms with E-state index in [2.05, 4.69) is 18.4 Å². The fourth-order valence-electron chi connectivity index (χ4n) is 4.30. The van der Waals surface area contributed by atoms with Gasteiger partial charge >= 0.3 is 0 Å². The number of anilines is 1. The molecule has 0 unspecified atom stereocenters. The quantitative estimate of drug-likeness (QED) is 0.904. The average Bonchev–Trinajstić information content (AvgIpc) is 2.53. The number of aromatic hydroxyl groups is 1. The van der Waals surface area contributed by atoms with Crippen molar-refractivity contribution in [3.8, 4) is 5.75 Å². The Bertz CT molecular complexity index is 768. The average molecular weight is 294 g/mol. The van der Waals surface area contributed by atoms with E-state index in [-0.39, 0.29) is 5.75 Å². The molecule has 3 nitrogen and oxygen atoms in total. The van der Waals surface area contributed by atoms with Crippen LogP contribution in [0.2, 0.25) is 0 Å². The molecule has 1 N–H and O–H groups in total. The summed E-state index contributed by atoms with van der Waals surface area (Å²) >= 11 is 0. The molecule has 2 aliphatic rings. The Morgan fingerprint density at radius 2 is 2.32 bits per heavy atom. The lowest BCUT2D eigenvalue weighted by Crippen LogP contribution is -2.48. The maximum atomic E-state index is 9.77. The summed E-state index contributed by atoms with van der Waals surface area (Å²) in [6, 6.07) is 5.46. The third-order valence-electron chi connectivity index (χ3n) is 5.56. The highest BCUT2D eigenvalue weighted by molar-refractivity contribution is 5.92. The van der Waals surface area contributed by atoms with E-state index in [1.54, 1.807) is 12.1 Å². The number of rotatable bonds is 2. The molecule has 3 heteroatoms. The molecular formula is C19H22N2O. The highest BCUT2D eigenvalue weighted by Gasteiger charge is 2.40. The SMILES string of the molecule is C=Cc1c2c(nc3cc(O)ccc13)N1CCC[C@@](CC)(C2)C1. The summed E-state index contributed by atoms with van der Waals surface area (Å²) in [5, 5.41) is 10.9. The zero-order chi connectivity index (χ0) is 15.3. The number of pyridine rings is 1. The van der Waals surface area contributed by atoms with Crippen LogP contribution in [-0.4, -0.2) is 23.2 Å². The van der Waals surface area contributed by atoms with E-state index < -0.39 is 0 Å². The molecule has 0 radical (unpaired) electrons. The van der Waals surface area contributed by atoms with Crippen LogP contribution < -0.4 is 4.90 Å². The topological polar surface area (TPSA) is 36.4 Å². The summed E-state index contributed by atoms with van der Waals surface area (Å²) in [6.07, 6.45) is 6.83. The molecule has 1 atom stereocenters. The molecule has 4 rings (SSSR count). The van der Waals surface area contributed by atoms with Gasteiger partial charge in [0.1, 0.15) is 11.6 Å². The Hall–Kier alpha value is -2.03. The Balaban J connectivity index is 2.00. The number of phenols is 1. The van der Waals surface area contributed by atoms with E-state index in [1.807, 2.05) is 12.1 Å². The second-order valence-electron chi connectivity index (χ2n) is 6.79. The van der Waals surface area contributed by atoms with Crippen molar-refractivity contribution < 1.29 is 5.11 Å². The maximum absolute atomic E-state index is 9.77. The Labute approximate surface area is 131 Å². The molecule has 0 amide bonds. The monoisotopic (exact) mass is 294 g/mol. The summed E-state index contributed by atoms with van der Waals surface area (Å²) in [5.74, 6) is 1.38. The normalized spacial score (nSPS) is 23.4. The fraction of sp³-hybridized carbons (Fsp3) is 0.421. The lowest BCUT2D eigenvalue weighted by molar-refractivity contribution is 0.208. The van der Waals surface area contributed by atoms with Gasteiger partial charge in [0.2, 0.25) is 0 Å². The van der Waals surface area contributed by atoms with Crippen LogP contribution in [0.1, 0.15) is 37.3 Å². The van der Waals surface area contributed by atoms with Gasteiger partial charge in [-0.2, -0.15) is 0 Å². The zero-order valence-corrected chi connectivity index (χ0v) is 13.1. The van der Waals surface area contributed by atoms with Crippen molar-refractivity contribution in [1.82, 2.24) is 4.98 Å². The number of aromatic nitrogens is 1. The van der Waals surface area contributed by atoms with Crippen molar-refractivity contribution in [3.05, 3.63) is 35.9 Å². The van der Waals surface area contributed by atoms with Crippen LogP contribution in [0.3, 0.4) is 0 Å². The Kier molecular flexibility index (Phi) is 2.93. The molecule has 2 aliphatic heterocycles. The first kappa shape index (κ1) is 13.6. The summed E-state index contributed by atoms with van der Waals surface area (Å²) in [4.78, 5) is 7.34. The van der Waals surface area contributed by atoms with Crippen LogP contribution in [0.4, 0.5) is 5.82 Å². The van der Waals surface area contributed by atoms with Crippen LogP contribution in [-0.2, 0) is 6.42 Å². The van der Waals surface area contributed by atoms with Gasteiger partial charge in [-0.25, -0.2) is 4.98 Å². The van der Waals surface area contributed by atoms with Gasteiger partial charge in [0.15, 0.2) is 0 Å². The molecule has 22 heavy (non-hydrogen) atoms. The molecule has 1 saturated heterocycles. The smallest absolute Gasteiger partial charge is 0.133 e. The molecule has 2 aromatic rings. The first-order valence-corrected chi connectivity index (χ1v) is 8.19. The standard InChI is InChI=1S/C19H22N2O/c1-3-14-15-7-6-13(22)10-17(15)20-18-16(14)11-19(4-2)8-5-9-21(18)12-19/h3,6-7,10,22H,1,4-5,8-9,11-12H2,2H3/t19-/m0/s1. The van der Waals surface area contributed by atoms with E-state index in [0.29, 0.717) is 5.41 Å². The van der Waals surface area contributed by atoms with Crippen molar-refractivity contribution in [2.24, 2.45) is 5.41 Å². The van der Waals surface area contributed by atoms with Crippen LogP contribution in [0.25, 0.3) is 17.0 Å². The van der Waals surface area contributed by atoms with Crippen molar-refractivity contribution >= 4 is 22.8 Å². The summed E-state index contributed by atoms with van der Waals surface area (Å²) in [7, 11) is 0. The van der Waals surface area contributed by atoms with Gasteiger partial charge in [-0.15, -0.1) is 0 Å². The first-order chi connectivity index (χ1) is 10.7. The molecule has 0 spiro atoms. The van der Waals surface area contributed by atoms with Gasteiger partial charge in [-0.3, -0.25) is 0 Å². The van der Waals surface area contributed by atoms with Crippen LogP contribution in [0.5, 0.6) is 5.75 Å². The molecule has 1 aromatic heterocycles. The molecule has 1 fully saturated rings. The molecule has 1 aromatic carbocycles. The molecule has 0 aliphatic carbocycles. The lowest BCUT2D eigenvalue weighted by atomic mass is 9.70. The summed E-state index contributed by atoms with van der Waals surface area (Å²) < 4.78 is 0. The molecule has 114 valence electrons. The number of phenolic OH excluding ortho intramolecular Hbond substituents is 1. The minimum atomic E-state index is 0.271. The second kappa shape index (κ2) is 4.73. The van der Waals surface area contributed by atoms with Crippen molar-refractivity contribution in [2.45, 2.75) is 32.6 Å². The van der Waals surface area contributed by atoms with Crippen molar-refractivity contribution in [1.29, 1.82) is 0 Å². The fourth-order valence-corrected chi connectivity index (χ4v) is 4.30. The van der Waals surface area contributed by atoms with Gasteiger partial charge in [-0.1, -0.05) is 19.6 Å². The van der Waals surface area contributed by atoms with E-state index in [1.165, 1.54) is 30.4 Å². The maximum Gasteiger partial charge on any atom is 0.133 e. The van der Waals surface area contributed by atoms with Gasteiger partial charge in [0.05, 0.1) is 5.52 Å². The lowest BCUT2D eigenvalue weighted by Gasteiger charge is -2.48.